The van der Waals surface area contributed by atoms with Gasteiger partial charge < -0.3 is 5.73 Å². The van der Waals surface area contributed by atoms with Gasteiger partial charge in [0.2, 0.25) is 0 Å². The van der Waals surface area contributed by atoms with Gasteiger partial charge in [0.05, 0.1) is 22.0 Å². The summed E-state index contributed by atoms with van der Waals surface area (Å²) in [4.78, 5) is 9.58. The summed E-state index contributed by atoms with van der Waals surface area (Å²) in [5.41, 5.74) is 11.2. The summed E-state index contributed by atoms with van der Waals surface area (Å²) in [6.07, 6.45) is 0. The number of nitriles is 1. The number of aromatic nitrogens is 2. The number of para-hydroxylation sites is 1. The first kappa shape index (κ1) is 15.1. The van der Waals surface area contributed by atoms with E-state index in [-0.39, 0.29) is 5.71 Å². The first-order chi connectivity index (χ1) is 11.2. The van der Waals surface area contributed by atoms with E-state index in [1.807, 2.05) is 42.6 Å². The number of nitrogen functional groups attached to an aromatic ring is 1. The number of thiazole rings is 2. The number of nitrogens with one attached hydrogen (secondary N) is 1. The molecule has 0 atom stereocenters. The van der Waals surface area contributed by atoms with Crippen molar-refractivity contribution in [1.29, 1.82) is 5.26 Å². The summed E-state index contributed by atoms with van der Waals surface area (Å²) in [6, 6.07) is 11.5. The van der Waals surface area contributed by atoms with Crippen molar-refractivity contribution in [2.45, 2.75) is 6.92 Å². The lowest BCUT2D eigenvalue weighted by Gasteiger charge is -1.99. The summed E-state index contributed by atoms with van der Waals surface area (Å²) in [6.45, 7) is 1.89. The van der Waals surface area contributed by atoms with E-state index in [0.717, 1.165) is 22.0 Å². The van der Waals surface area contributed by atoms with E-state index in [2.05, 4.69) is 26.6 Å². The Morgan fingerprint density at radius 2 is 2.09 bits per heavy atom. The second kappa shape index (κ2) is 6.56. The molecule has 0 aliphatic rings. The smallest absolute Gasteiger partial charge is 0.196 e. The first-order valence-electron chi connectivity index (χ1n) is 6.65. The van der Waals surface area contributed by atoms with Crippen LogP contribution in [0, 0.1) is 18.3 Å². The molecule has 0 spiro atoms. The van der Waals surface area contributed by atoms with Crippen molar-refractivity contribution >= 4 is 39.2 Å². The molecule has 0 saturated carbocycles. The fourth-order valence-corrected chi connectivity index (χ4v) is 3.51. The highest BCUT2D eigenvalue weighted by molar-refractivity contribution is 7.19. The minimum absolute atomic E-state index is 0.236. The lowest BCUT2D eigenvalue weighted by atomic mass is 10.3. The molecule has 0 fully saturated rings. The molecule has 0 saturated heterocycles. The zero-order valence-corrected chi connectivity index (χ0v) is 13.8. The Morgan fingerprint density at radius 1 is 1.30 bits per heavy atom. The number of nitrogens with two attached hydrogens (primary N) is 1. The van der Waals surface area contributed by atoms with Crippen LogP contribution in [0.4, 0.5) is 10.8 Å². The van der Waals surface area contributed by atoms with Crippen LogP contribution in [-0.2, 0) is 0 Å². The van der Waals surface area contributed by atoms with Crippen molar-refractivity contribution in [2.75, 3.05) is 11.2 Å². The maximum absolute atomic E-state index is 9.31. The largest absolute Gasteiger partial charge is 0.375 e. The van der Waals surface area contributed by atoms with Crippen molar-refractivity contribution < 1.29 is 0 Å². The summed E-state index contributed by atoms with van der Waals surface area (Å²) >= 11 is 2.75. The van der Waals surface area contributed by atoms with Crippen molar-refractivity contribution in [3.8, 4) is 16.6 Å². The van der Waals surface area contributed by atoms with Gasteiger partial charge in [-0.1, -0.05) is 29.5 Å². The molecule has 6 nitrogen and oxygen atoms in total. The monoisotopic (exact) mass is 340 g/mol. The van der Waals surface area contributed by atoms with E-state index in [1.165, 1.54) is 22.7 Å². The van der Waals surface area contributed by atoms with Gasteiger partial charge in [-0.25, -0.2) is 9.97 Å². The fraction of sp³-hybridized carbons (Fsp3) is 0.0667. The van der Waals surface area contributed by atoms with Crippen molar-refractivity contribution in [3.05, 3.63) is 46.4 Å². The maximum Gasteiger partial charge on any atom is 0.196 e. The minimum Gasteiger partial charge on any atom is -0.375 e. The Balaban J connectivity index is 1.86. The van der Waals surface area contributed by atoms with Crippen LogP contribution in [-0.4, -0.2) is 15.7 Å². The third-order valence-electron chi connectivity index (χ3n) is 2.93. The lowest BCUT2D eigenvalue weighted by molar-refractivity contribution is 1.26. The Morgan fingerprint density at radius 3 is 2.74 bits per heavy atom. The van der Waals surface area contributed by atoms with Gasteiger partial charge in [-0.2, -0.15) is 10.4 Å². The van der Waals surface area contributed by atoms with Gasteiger partial charge in [0.25, 0.3) is 0 Å². The molecule has 114 valence electrons. The topological polar surface area (TPSA) is 100.0 Å². The minimum atomic E-state index is 0.236. The van der Waals surface area contributed by atoms with Gasteiger partial charge in [0.1, 0.15) is 6.07 Å². The molecule has 23 heavy (non-hydrogen) atoms. The molecular weight excluding hydrogens is 328 g/mol. The Hall–Kier alpha value is -2.76. The molecule has 3 N–H and O–H groups in total. The standard InChI is InChI=1S/C15H12N6S2/c1-9-13(23-15(17)18-9)12-8-22-14(19-12)11(7-16)21-20-10-5-3-2-4-6-10/h2-6,8,20H,1H3,(H2,17,18)/b21-11+. The number of aryl methyl sites for hydroxylation is 1. The molecule has 0 aliphatic heterocycles. The molecule has 3 aromatic rings. The highest BCUT2D eigenvalue weighted by atomic mass is 32.1. The third kappa shape index (κ3) is 3.36. The number of rotatable bonds is 4. The van der Waals surface area contributed by atoms with E-state index in [1.54, 1.807) is 0 Å². The zero-order chi connectivity index (χ0) is 16.2. The van der Waals surface area contributed by atoms with Gasteiger partial charge in [0.15, 0.2) is 15.9 Å². The Kier molecular flexibility index (Phi) is 4.32. The van der Waals surface area contributed by atoms with Crippen LogP contribution in [0.3, 0.4) is 0 Å². The molecule has 0 unspecified atom stereocenters. The average molecular weight is 340 g/mol. The highest BCUT2D eigenvalue weighted by Gasteiger charge is 2.14. The number of nitrogens with zero attached hydrogens (tertiary/aromatic N) is 4. The van der Waals surface area contributed by atoms with Crippen molar-refractivity contribution in [3.63, 3.8) is 0 Å². The second-order valence-corrected chi connectivity index (χ2v) is 6.44. The molecule has 3 rings (SSSR count). The lowest BCUT2D eigenvalue weighted by Crippen LogP contribution is -2.01. The predicted octanol–water partition coefficient (Wildman–Crippen LogP) is 3.50. The Bertz CT molecular complexity index is 888. The molecule has 0 aliphatic carbocycles. The van der Waals surface area contributed by atoms with Crippen LogP contribution in [0.5, 0.6) is 0 Å². The molecule has 0 radical (unpaired) electrons. The summed E-state index contributed by atoms with van der Waals surface area (Å²) in [7, 11) is 0. The van der Waals surface area contributed by atoms with Gasteiger partial charge in [-0.3, -0.25) is 5.43 Å². The molecule has 0 amide bonds. The van der Waals surface area contributed by atoms with Crippen LogP contribution >= 0.6 is 22.7 Å². The van der Waals surface area contributed by atoms with Crippen LogP contribution < -0.4 is 11.2 Å². The van der Waals surface area contributed by atoms with Gasteiger partial charge in [-0.05, 0) is 19.1 Å². The number of hydrogen-bond acceptors (Lipinski definition) is 8. The van der Waals surface area contributed by atoms with E-state index in [9.17, 15) is 5.26 Å². The SMILES string of the molecule is Cc1nc(N)sc1-c1csc(/C(C#N)=N/Nc2ccccc2)n1. The summed E-state index contributed by atoms with van der Waals surface area (Å²) in [5.74, 6) is 0. The third-order valence-corrected chi connectivity index (χ3v) is 4.79. The fourth-order valence-electron chi connectivity index (χ4n) is 1.90. The number of anilines is 2. The summed E-state index contributed by atoms with van der Waals surface area (Å²) < 4.78 is 0. The van der Waals surface area contributed by atoms with E-state index >= 15 is 0 Å². The molecular formula is C15H12N6S2. The number of hydrogen-bond donors (Lipinski definition) is 2. The highest BCUT2D eigenvalue weighted by Crippen LogP contribution is 2.32. The normalized spacial score (nSPS) is 11.2. The van der Waals surface area contributed by atoms with Crippen LogP contribution in [0.2, 0.25) is 0 Å². The zero-order valence-electron chi connectivity index (χ0n) is 12.1. The van der Waals surface area contributed by atoms with Crippen molar-refractivity contribution in [1.82, 2.24) is 9.97 Å². The maximum atomic E-state index is 9.31. The average Bonchev–Trinajstić information content (AvgIpc) is 3.15. The second-order valence-electron chi connectivity index (χ2n) is 4.55. The van der Waals surface area contributed by atoms with Gasteiger partial charge in [-0.15, -0.1) is 11.3 Å². The molecule has 2 heterocycles. The van der Waals surface area contributed by atoms with E-state index in [4.69, 9.17) is 5.73 Å². The number of hydrazone groups is 1. The van der Waals surface area contributed by atoms with Crippen LogP contribution in [0.1, 0.15) is 10.7 Å². The Labute approximate surface area is 141 Å². The van der Waals surface area contributed by atoms with Gasteiger partial charge in [0, 0.05) is 5.38 Å². The molecule has 1 aromatic carbocycles. The first-order valence-corrected chi connectivity index (χ1v) is 8.35. The molecule has 0 bridgehead atoms. The van der Waals surface area contributed by atoms with Crippen molar-refractivity contribution in [2.24, 2.45) is 5.10 Å². The summed E-state index contributed by atoms with van der Waals surface area (Å²) in [5, 5.41) is 16.4. The molecule has 2 aromatic heterocycles. The quantitative estimate of drug-likeness (QED) is 0.559. The number of benzene rings is 1. The van der Waals surface area contributed by atoms with E-state index in [0.29, 0.717) is 10.1 Å². The van der Waals surface area contributed by atoms with Crippen LogP contribution in [0.15, 0.2) is 40.8 Å². The van der Waals surface area contributed by atoms with Crippen LogP contribution in [0.25, 0.3) is 10.6 Å². The molecule has 8 heteroatoms. The predicted molar refractivity (Wildman–Crippen MR) is 94.6 cm³/mol. The van der Waals surface area contributed by atoms with E-state index < -0.39 is 0 Å². The van der Waals surface area contributed by atoms with Gasteiger partial charge >= 0.3 is 0 Å².